The van der Waals surface area contributed by atoms with Gasteiger partial charge in [0.05, 0.1) is 0 Å². The van der Waals surface area contributed by atoms with Crippen LogP contribution in [0.3, 0.4) is 0 Å². The molecule has 0 bridgehead atoms. The molecule has 0 aromatic heterocycles. The normalized spacial score (nSPS) is 15.4. The summed E-state index contributed by atoms with van der Waals surface area (Å²) in [5, 5.41) is 46.4. The molecule has 4 aromatic rings. The highest BCUT2D eigenvalue weighted by Gasteiger charge is 2.43. The van der Waals surface area contributed by atoms with Crippen LogP contribution in [0.25, 0.3) is 21.5 Å². The highest BCUT2D eigenvalue weighted by Crippen LogP contribution is 2.54. The van der Waals surface area contributed by atoms with Gasteiger partial charge in [-0.3, -0.25) is 0 Å². The average molecular weight is 429 g/mol. The Morgan fingerprint density at radius 2 is 1.06 bits per heavy atom. The van der Waals surface area contributed by atoms with Gasteiger partial charge in [0.15, 0.2) is 0 Å². The second kappa shape index (κ2) is 7.63. The fourth-order valence-electron chi connectivity index (χ4n) is 5.90. The fraction of sp³-hybridized carbons (Fsp3) is 0.286. The number of phenols is 4. The van der Waals surface area contributed by atoms with Crippen molar-refractivity contribution in [2.45, 2.75) is 44.4 Å². The van der Waals surface area contributed by atoms with E-state index in [1.165, 1.54) is 6.42 Å². The van der Waals surface area contributed by atoms with Gasteiger partial charge in [-0.2, -0.15) is 0 Å². The lowest BCUT2D eigenvalue weighted by molar-refractivity contribution is 0.247. The lowest BCUT2D eigenvalue weighted by atomic mass is 9.60. The molecular formula is C28H28O4. The topological polar surface area (TPSA) is 80.9 Å². The molecule has 1 aliphatic carbocycles. The van der Waals surface area contributed by atoms with E-state index in [1.54, 1.807) is 36.4 Å². The number of hydrogen-bond donors (Lipinski definition) is 4. The van der Waals surface area contributed by atoms with Crippen LogP contribution in [0.15, 0.2) is 60.7 Å². The van der Waals surface area contributed by atoms with Gasteiger partial charge in [-0.25, -0.2) is 0 Å². The van der Waals surface area contributed by atoms with Gasteiger partial charge in [0.2, 0.25) is 0 Å². The van der Waals surface area contributed by atoms with Gasteiger partial charge in [0, 0.05) is 16.5 Å². The summed E-state index contributed by atoms with van der Waals surface area (Å²) in [4.78, 5) is 0. The first-order valence-electron chi connectivity index (χ1n) is 11.3. The second-order valence-electron chi connectivity index (χ2n) is 9.27. The van der Waals surface area contributed by atoms with Gasteiger partial charge < -0.3 is 20.4 Å². The molecule has 0 saturated heterocycles. The molecule has 164 valence electrons. The molecule has 4 N–H and O–H groups in total. The lowest BCUT2D eigenvalue weighted by Crippen LogP contribution is -2.35. The third kappa shape index (κ3) is 3.13. The molecule has 1 aliphatic rings. The number of phenolic OH excluding ortho intramolecular Hbond substituents is 4. The van der Waals surface area contributed by atoms with Gasteiger partial charge in [-0.15, -0.1) is 0 Å². The largest absolute Gasteiger partial charge is 0.508 e. The van der Waals surface area contributed by atoms with Crippen LogP contribution in [0.2, 0.25) is 0 Å². The van der Waals surface area contributed by atoms with E-state index in [4.69, 9.17) is 0 Å². The minimum absolute atomic E-state index is 0.134. The van der Waals surface area contributed by atoms with Crippen molar-refractivity contribution in [2.75, 3.05) is 0 Å². The zero-order valence-electron chi connectivity index (χ0n) is 18.2. The Bertz CT molecular complexity index is 1220. The Balaban J connectivity index is 1.93. The molecule has 0 unspecified atom stereocenters. The molecule has 0 radical (unpaired) electrons. The maximum absolute atomic E-state index is 11.2. The van der Waals surface area contributed by atoms with E-state index < -0.39 is 5.41 Å². The molecule has 0 heterocycles. The van der Waals surface area contributed by atoms with Crippen molar-refractivity contribution in [2.24, 2.45) is 5.92 Å². The molecule has 1 fully saturated rings. The van der Waals surface area contributed by atoms with Crippen LogP contribution >= 0.6 is 0 Å². The summed E-state index contributed by atoms with van der Waals surface area (Å²) >= 11 is 0. The first kappa shape index (κ1) is 20.5. The molecule has 4 nitrogen and oxygen atoms in total. The van der Waals surface area contributed by atoms with Crippen LogP contribution < -0.4 is 0 Å². The van der Waals surface area contributed by atoms with E-state index in [0.717, 1.165) is 47.2 Å². The Labute approximate surface area is 187 Å². The summed E-state index contributed by atoms with van der Waals surface area (Å²) in [6.07, 6.45) is 5.30. The Morgan fingerprint density at radius 3 is 1.53 bits per heavy atom. The molecule has 4 heteroatoms. The van der Waals surface area contributed by atoms with Crippen LogP contribution in [0, 0.1) is 5.92 Å². The van der Waals surface area contributed by atoms with Crippen molar-refractivity contribution in [1.29, 1.82) is 0 Å². The molecule has 0 atom stereocenters. The predicted molar refractivity (Wildman–Crippen MR) is 128 cm³/mol. The minimum atomic E-state index is -0.741. The molecule has 0 aliphatic heterocycles. The van der Waals surface area contributed by atoms with Gasteiger partial charge in [-0.1, -0.05) is 50.5 Å². The van der Waals surface area contributed by atoms with E-state index in [9.17, 15) is 20.4 Å². The number of fused-ring (bicyclic) bond motifs is 2. The fourth-order valence-corrected chi connectivity index (χ4v) is 5.90. The molecule has 5 rings (SSSR count). The van der Waals surface area contributed by atoms with E-state index in [1.807, 2.05) is 24.3 Å². The van der Waals surface area contributed by atoms with Crippen molar-refractivity contribution in [1.82, 2.24) is 0 Å². The molecule has 4 aromatic carbocycles. The predicted octanol–water partition coefficient (Wildman–Crippen LogP) is 6.70. The summed E-state index contributed by atoms with van der Waals surface area (Å²) in [5.41, 5.74) is 0.683. The van der Waals surface area contributed by atoms with Crippen LogP contribution in [-0.4, -0.2) is 20.4 Å². The SMILES string of the molecule is CC(c1c(O)ccc2ccc(O)cc12)(c1c(O)ccc2ccc(O)cc12)C1CCCCC1. The zero-order valence-corrected chi connectivity index (χ0v) is 18.2. The van der Waals surface area contributed by atoms with E-state index >= 15 is 0 Å². The Morgan fingerprint density at radius 1 is 0.625 bits per heavy atom. The first-order chi connectivity index (χ1) is 15.4. The van der Waals surface area contributed by atoms with Gasteiger partial charge in [-0.05, 0) is 76.7 Å². The standard InChI is InChI=1S/C28H28O4/c1-28(19-5-3-2-4-6-19,26-22-15-20(29)11-7-17(22)9-13-24(26)31)27-23-16-21(30)12-8-18(23)10-14-25(27)32/h7-16,19,29-32H,2-6H2,1H3. The summed E-state index contributed by atoms with van der Waals surface area (Å²) in [6.45, 7) is 2.10. The second-order valence-corrected chi connectivity index (χ2v) is 9.27. The van der Waals surface area contributed by atoms with E-state index in [2.05, 4.69) is 6.92 Å². The van der Waals surface area contributed by atoms with Gasteiger partial charge in [0.1, 0.15) is 23.0 Å². The maximum Gasteiger partial charge on any atom is 0.120 e. The van der Waals surface area contributed by atoms with Crippen molar-refractivity contribution in [3.63, 3.8) is 0 Å². The average Bonchev–Trinajstić information content (AvgIpc) is 2.79. The highest BCUT2D eigenvalue weighted by molar-refractivity contribution is 5.95. The van der Waals surface area contributed by atoms with Crippen molar-refractivity contribution >= 4 is 21.5 Å². The number of benzene rings is 4. The summed E-state index contributed by atoms with van der Waals surface area (Å²) in [7, 11) is 0. The Hall–Kier alpha value is -3.40. The number of rotatable bonds is 3. The molecular weight excluding hydrogens is 400 g/mol. The number of hydrogen-bond acceptors (Lipinski definition) is 4. The third-order valence-electron chi connectivity index (χ3n) is 7.43. The molecule has 1 saturated carbocycles. The van der Waals surface area contributed by atoms with Crippen LogP contribution in [0.5, 0.6) is 23.0 Å². The maximum atomic E-state index is 11.2. The van der Waals surface area contributed by atoms with E-state index in [-0.39, 0.29) is 28.9 Å². The van der Waals surface area contributed by atoms with Crippen molar-refractivity contribution in [3.8, 4) is 23.0 Å². The highest BCUT2D eigenvalue weighted by atomic mass is 16.3. The quantitative estimate of drug-likeness (QED) is 0.293. The monoisotopic (exact) mass is 428 g/mol. The zero-order chi connectivity index (χ0) is 22.5. The summed E-state index contributed by atoms with van der Waals surface area (Å²) < 4.78 is 0. The minimum Gasteiger partial charge on any atom is -0.508 e. The van der Waals surface area contributed by atoms with Crippen LogP contribution in [0.4, 0.5) is 0 Å². The first-order valence-corrected chi connectivity index (χ1v) is 11.3. The molecule has 0 spiro atoms. The molecule has 32 heavy (non-hydrogen) atoms. The van der Waals surface area contributed by atoms with Gasteiger partial charge in [0.25, 0.3) is 0 Å². The van der Waals surface area contributed by atoms with Crippen molar-refractivity contribution in [3.05, 3.63) is 71.8 Å². The summed E-state index contributed by atoms with van der Waals surface area (Å²) in [6, 6.07) is 17.5. The Kier molecular flexibility index (Phi) is 4.89. The smallest absolute Gasteiger partial charge is 0.120 e. The molecule has 0 amide bonds. The van der Waals surface area contributed by atoms with Crippen LogP contribution in [-0.2, 0) is 5.41 Å². The lowest BCUT2D eigenvalue weighted by Gasteiger charge is -2.42. The van der Waals surface area contributed by atoms with Gasteiger partial charge >= 0.3 is 0 Å². The number of aromatic hydroxyl groups is 4. The van der Waals surface area contributed by atoms with Crippen LogP contribution in [0.1, 0.15) is 50.2 Å². The third-order valence-corrected chi connectivity index (χ3v) is 7.43. The summed E-state index contributed by atoms with van der Waals surface area (Å²) in [5.74, 6) is 0.736. The van der Waals surface area contributed by atoms with E-state index in [0.29, 0.717) is 11.1 Å². The van der Waals surface area contributed by atoms with Crippen molar-refractivity contribution < 1.29 is 20.4 Å².